The summed E-state index contributed by atoms with van der Waals surface area (Å²) in [6.45, 7) is 0.457. The number of rotatable bonds is 7. The van der Waals surface area contributed by atoms with Crippen LogP contribution in [0.3, 0.4) is 0 Å². The minimum atomic E-state index is -0.261. The topological polar surface area (TPSA) is 77.0 Å². The number of hydrogen-bond donors (Lipinski definition) is 1. The lowest BCUT2D eigenvalue weighted by Crippen LogP contribution is -2.07. The maximum atomic E-state index is 12.2. The fourth-order valence-electron chi connectivity index (χ4n) is 2.62. The van der Waals surface area contributed by atoms with Crippen molar-refractivity contribution >= 4 is 28.5 Å². The van der Waals surface area contributed by atoms with Crippen LogP contribution in [0.15, 0.2) is 85.2 Å². The van der Waals surface area contributed by atoms with Gasteiger partial charge in [-0.1, -0.05) is 59.9 Å². The minimum Gasteiger partial charge on any atom is -0.489 e. The van der Waals surface area contributed by atoms with Gasteiger partial charge in [-0.05, 0) is 29.8 Å². The van der Waals surface area contributed by atoms with Gasteiger partial charge in [-0.3, -0.25) is 15.1 Å². The second-order valence-corrected chi connectivity index (χ2v) is 7.30. The van der Waals surface area contributed by atoms with E-state index < -0.39 is 0 Å². The molecule has 30 heavy (non-hydrogen) atoms. The summed E-state index contributed by atoms with van der Waals surface area (Å²) in [4.78, 5) is 16.2. The lowest BCUT2D eigenvalue weighted by Gasteiger charge is -2.06. The molecule has 148 valence electrons. The maximum absolute atomic E-state index is 12.2. The zero-order valence-corrected chi connectivity index (χ0v) is 16.8. The highest BCUT2D eigenvalue weighted by molar-refractivity contribution is 7.18. The summed E-state index contributed by atoms with van der Waals surface area (Å²) in [5.41, 5.74) is 2.86. The van der Waals surface area contributed by atoms with Gasteiger partial charge in [0.05, 0.1) is 0 Å². The monoisotopic (exact) mass is 414 g/mol. The Kier molecular flexibility index (Phi) is 6.22. The number of pyridine rings is 1. The Morgan fingerprint density at radius 2 is 1.83 bits per heavy atom. The summed E-state index contributed by atoms with van der Waals surface area (Å²) in [6.07, 6.45) is 6.71. The van der Waals surface area contributed by atoms with E-state index in [2.05, 4.69) is 20.5 Å². The molecule has 0 unspecified atom stereocenters. The van der Waals surface area contributed by atoms with Gasteiger partial charge in [-0.2, -0.15) is 0 Å². The van der Waals surface area contributed by atoms with Gasteiger partial charge in [-0.25, -0.2) is 0 Å². The third-order valence-corrected chi connectivity index (χ3v) is 5.00. The van der Waals surface area contributed by atoms with Gasteiger partial charge >= 0.3 is 0 Å². The molecule has 0 atom stereocenters. The van der Waals surface area contributed by atoms with Crippen LogP contribution in [0.5, 0.6) is 5.75 Å². The van der Waals surface area contributed by atoms with Crippen LogP contribution in [-0.2, 0) is 11.4 Å². The van der Waals surface area contributed by atoms with Crippen molar-refractivity contribution in [1.29, 1.82) is 0 Å². The summed E-state index contributed by atoms with van der Waals surface area (Å²) in [5.74, 6) is 0.491. The first-order chi connectivity index (χ1) is 14.8. The van der Waals surface area contributed by atoms with Gasteiger partial charge in [0.25, 0.3) is 0 Å². The van der Waals surface area contributed by atoms with Gasteiger partial charge < -0.3 is 4.74 Å². The number of carbonyl (C=O) groups is 1. The predicted octanol–water partition coefficient (Wildman–Crippen LogP) is 4.83. The van der Waals surface area contributed by atoms with Gasteiger partial charge in [0, 0.05) is 29.6 Å². The number of anilines is 1. The molecule has 2 aromatic carbocycles. The number of amides is 1. The summed E-state index contributed by atoms with van der Waals surface area (Å²) >= 11 is 1.33. The van der Waals surface area contributed by atoms with Crippen LogP contribution in [0.4, 0.5) is 5.13 Å². The quantitative estimate of drug-likeness (QED) is 0.438. The summed E-state index contributed by atoms with van der Waals surface area (Å²) < 4.78 is 5.73. The molecule has 2 aromatic heterocycles. The van der Waals surface area contributed by atoms with E-state index in [1.165, 1.54) is 17.4 Å². The van der Waals surface area contributed by atoms with Crippen molar-refractivity contribution in [3.8, 4) is 16.3 Å². The molecule has 6 nitrogen and oxygen atoms in total. The van der Waals surface area contributed by atoms with Gasteiger partial charge in [0.15, 0.2) is 0 Å². The first-order valence-corrected chi connectivity index (χ1v) is 10.1. The number of ether oxygens (including phenoxy) is 1. The standard InChI is InChI=1S/C23H18N4O2S/c28-21(25-23-27-26-22(30-23)19-6-2-1-3-7-19)13-10-17-8-11-20(12-9-17)29-16-18-5-4-14-24-15-18/h1-15H,16H2,(H,25,27,28)/b13-10+. The summed E-state index contributed by atoms with van der Waals surface area (Å²) in [7, 11) is 0. The number of hydrogen-bond acceptors (Lipinski definition) is 6. The molecule has 1 N–H and O–H groups in total. The molecule has 0 aliphatic rings. The lowest BCUT2D eigenvalue weighted by molar-refractivity contribution is -0.111. The SMILES string of the molecule is O=C(/C=C/c1ccc(OCc2cccnc2)cc1)Nc1nnc(-c2ccccc2)s1. The molecule has 0 saturated heterocycles. The zero-order chi connectivity index (χ0) is 20.6. The molecule has 4 aromatic rings. The zero-order valence-electron chi connectivity index (χ0n) is 15.9. The average molecular weight is 414 g/mol. The Labute approximate surface area is 177 Å². The second kappa shape index (κ2) is 9.58. The van der Waals surface area contributed by atoms with Crippen molar-refractivity contribution in [1.82, 2.24) is 15.2 Å². The van der Waals surface area contributed by atoms with Crippen molar-refractivity contribution in [2.24, 2.45) is 0 Å². The maximum Gasteiger partial charge on any atom is 0.250 e. The molecule has 1 amide bonds. The van der Waals surface area contributed by atoms with E-state index >= 15 is 0 Å². The van der Waals surface area contributed by atoms with Gasteiger partial charge in [0.2, 0.25) is 11.0 Å². The molecule has 0 spiro atoms. The van der Waals surface area contributed by atoms with Gasteiger partial charge in [-0.15, -0.1) is 10.2 Å². The van der Waals surface area contributed by atoms with Crippen molar-refractivity contribution in [2.75, 3.05) is 5.32 Å². The van der Waals surface area contributed by atoms with E-state index in [4.69, 9.17) is 4.74 Å². The molecular formula is C23H18N4O2S. The van der Waals surface area contributed by atoms with Gasteiger partial charge in [0.1, 0.15) is 17.4 Å². The Hall–Kier alpha value is -3.84. The molecule has 2 heterocycles. The number of carbonyl (C=O) groups excluding carboxylic acids is 1. The van der Waals surface area contributed by atoms with E-state index in [9.17, 15) is 4.79 Å². The second-order valence-electron chi connectivity index (χ2n) is 6.32. The fourth-order valence-corrected chi connectivity index (χ4v) is 3.37. The van der Waals surface area contributed by atoms with Crippen LogP contribution < -0.4 is 10.1 Å². The van der Waals surface area contributed by atoms with Crippen LogP contribution in [-0.4, -0.2) is 21.1 Å². The molecule has 0 bridgehead atoms. The highest BCUT2D eigenvalue weighted by atomic mass is 32.1. The van der Waals surface area contributed by atoms with E-state index in [0.29, 0.717) is 11.7 Å². The first kappa shape index (κ1) is 19.5. The highest BCUT2D eigenvalue weighted by Crippen LogP contribution is 2.25. The Bertz CT molecular complexity index is 1130. The first-order valence-electron chi connectivity index (χ1n) is 9.26. The molecule has 0 aliphatic carbocycles. The van der Waals surface area contributed by atoms with Crippen molar-refractivity contribution in [3.05, 3.63) is 96.3 Å². The van der Waals surface area contributed by atoms with E-state index in [1.807, 2.05) is 66.7 Å². The van der Waals surface area contributed by atoms with E-state index in [-0.39, 0.29) is 5.91 Å². The number of nitrogens with one attached hydrogen (secondary N) is 1. The molecule has 7 heteroatoms. The Morgan fingerprint density at radius 3 is 2.60 bits per heavy atom. The van der Waals surface area contributed by atoms with E-state index in [0.717, 1.165) is 27.4 Å². The number of nitrogens with zero attached hydrogens (tertiary/aromatic N) is 3. The largest absolute Gasteiger partial charge is 0.489 e. The molecule has 0 fully saturated rings. The molecule has 0 radical (unpaired) electrons. The van der Waals surface area contributed by atoms with Crippen molar-refractivity contribution in [2.45, 2.75) is 6.61 Å². The van der Waals surface area contributed by atoms with Crippen LogP contribution in [0, 0.1) is 0 Å². The van der Waals surface area contributed by atoms with Crippen LogP contribution in [0.2, 0.25) is 0 Å². The van der Waals surface area contributed by atoms with Crippen LogP contribution in [0.1, 0.15) is 11.1 Å². The number of benzene rings is 2. The highest BCUT2D eigenvalue weighted by Gasteiger charge is 2.07. The third-order valence-electron chi connectivity index (χ3n) is 4.11. The number of aromatic nitrogens is 3. The predicted molar refractivity (Wildman–Crippen MR) is 118 cm³/mol. The lowest BCUT2D eigenvalue weighted by atomic mass is 10.2. The molecular weight excluding hydrogens is 396 g/mol. The third kappa shape index (κ3) is 5.36. The normalized spacial score (nSPS) is 10.8. The molecule has 0 aliphatic heterocycles. The average Bonchev–Trinajstić information content (AvgIpc) is 3.27. The van der Waals surface area contributed by atoms with Crippen LogP contribution >= 0.6 is 11.3 Å². The summed E-state index contributed by atoms with van der Waals surface area (Å²) in [6, 6.07) is 21.1. The van der Waals surface area contributed by atoms with Crippen molar-refractivity contribution in [3.63, 3.8) is 0 Å². The smallest absolute Gasteiger partial charge is 0.250 e. The molecule has 4 rings (SSSR count). The Balaban J connectivity index is 1.30. The minimum absolute atomic E-state index is 0.261. The Morgan fingerprint density at radius 1 is 1.00 bits per heavy atom. The van der Waals surface area contributed by atoms with Crippen LogP contribution in [0.25, 0.3) is 16.6 Å². The van der Waals surface area contributed by atoms with Crippen molar-refractivity contribution < 1.29 is 9.53 Å². The molecule has 0 saturated carbocycles. The summed E-state index contributed by atoms with van der Waals surface area (Å²) in [5, 5.41) is 12.1. The van der Waals surface area contributed by atoms with E-state index in [1.54, 1.807) is 18.5 Å². The fraction of sp³-hybridized carbons (Fsp3) is 0.0435.